The van der Waals surface area contributed by atoms with Gasteiger partial charge in [0.05, 0.1) is 6.61 Å². The molecule has 220 valence electrons. The number of aliphatic hydroxyl groups is 1. The number of likely N-dealkylation sites (tertiary alicyclic amines) is 1. The molecule has 0 aliphatic carbocycles. The summed E-state index contributed by atoms with van der Waals surface area (Å²) in [6.07, 6.45) is -1.82. The van der Waals surface area contributed by atoms with E-state index in [1.54, 1.807) is 24.3 Å². The molecule has 1 heterocycles. The minimum absolute atomic E-state index is 0.0321. The van der Waals surface area contributed by atoms with Crippen LogP contribution in [0.2, 0.25) is 30.7 Å². The van der Waals surface area contributed by atoms with Crippen LogP contribution < -0.4 is 16.4 Å². The monoisotopic (exact) mass is 601 g/mol. The second kappa shape index (κ2) is 13.7. The molecule has 1 fully saturated rings. The molecule has 4 amide bonds. The van der Waals surface area contributed by atoms with Gasteiger partial charge in [-0.15, -0.1) is 0 Å². The van der Waals surface area contributed by atoms with Crippen molar-refractivity contribution in [1.82, 2.24) is 10.2 Å². The average Bonchev–Trinajstić information content (AvgIpc) is 2.85. The number of nitrogens with zero attached hydrogens (tertiary/aromatic N) is 2. The van der Waals surface area contributed by atoms with E-state index in [1.165, 1.54) is 30.0 Å². The molecular weight excluding hydrogens is 566 g/mol. The van der Waals surface area contributed by atoms with Crippen LogP contribution in [0, 0.1) is 0 Å². The summed E-state index contributed by atoms with van der Waals surface area (Å²) in [5.74, 6) is -1.28. The van der Waals surface area contributed by atoms with E-state index in [4.69, 9.17) is 22.1 Å². The summed E-state index contributed by atoms with van der Waals surface area (Å²) in [7, 11) is -1.33. The topological polar surface area (TPSA) is 163 Å². The molecule has 0 bridgehead atoms. The molecule has 11 nitrogen and oxygen atoms in total. The fraction of sp³-hybridized carbons (Fsp3) is 0.393. The molecule has 0 radical (unpaired) electrons. The number of anilines is 1. The third-order valence-corrected chi connectivity index (χ3v) is 8.32. The summed E-state index contributed by atoms with van der Waals surface area (Å²) < 4.78 is 5.14. The van der Waals surface area contributed by atoms with Crippen molar-refractivity contribution in [3.05, 3.63) is 64.2 Å². The number of hydrogen-bond acceptors (Lipinski definition) is 6. The minimum Gasteiger partial charge on any atom is -0.448 e. The van der Waals surface area contributed by atoms with E-state index < -0.39 is 32.2 Å². The van der Waals surface area contributed by atoms with Crippen LogP contribution in [0.3, 0.4) is 0 Å². The van der Waals surface area contributed by atoms with Gasteiger partial charge in [0.25, 0.3) is 5.91 Å². The fourth-order valence-corrected chi connectivity index (χ4v) is 4.97. The number of hydrogen-bond donors (Lipinski definition) is 4. The lowest BCUT2D eigenvalue weighted by atomic mass is 9.98. The Kier molecular flexibility index (Phi) is 10.7. The summed E-state index contributed by atoms with van der Waals surface area (Å²) in [4.78, 5) is 54.2. The van der Waals surface area contributed by atoms with Gasteiger partial charge in [-0.05, 0) is 41.8 Å². The number of aliphatic hydroxyl groups excluding tert-OH is 1. The number of carbonyl (C=O) groups excluding carboxylic acids is 4. The van der Waals surface area contributed by atoms with Gasteiger partial charge in [0.15, 0.2) is 6.10 Å². The Morgan fingerprint density at radius 1 is 1.17 bits per heavy atom. The van der Waals surface area contributed by atoms with E-state index in [0.717, 1.165) is 11.6 Å². The predicted molar refractivity (Wildman–Crippen MR) is 159 cm³/mol. The van der Waals surface area contributed by atoms with Crippen LogP contribution in [0.5, 0.6) is 0 Å². The van der Waals surface area contributed by atoms with Gasteiger partial charge in [0.1, 0.15) is 11.9 Å². The number of amidine groups is 1. The summed E-state index contributed by atoms with van der Waals surface area (Å²) in [5.41, 5.74) is 7.81. The highest BCUT2D eigenvalue weighted by Crippen LogP contribution is 2.28. The van der Waals surface area contributed by atoms with Crippen LogP contribution in [0.25, 0.3) is 0 Å². The number of benzene rings is 2. The van der Waals surface area contributed by atoms with E-state index in [1.807, 2.05) is 0 Å². The Bertz CT molecular complexity index is 1330. The van der Waals surface area contributed by atoms with Crippen LogP contribution in [0.1, 0.15) is 36.1 Å². The molecule has 2 atom stereocenters. The van der Waals surface area contributed by atoms with Crippen molar-refractivity contribution < 1.29 is 29.0 Å². The van der Waals surface area contributed by atoms with E-state index in [9.17, 15) is 24.3 Å². The van der Waals surface area contributed by atoms with Gasteiger partial charge in [-0.25, -0.2) is 4.79 Å². The van der Waals surface area contributed by atoms with Gasteiger partial charge in [-0.2, -0.15) is 4.99 Å². The van der Waals surface area contributed by atoms with Gasteiger partial charge < -0.3 is 31.1 Å². The smallest absolute Gasteiger partial charge is 0.435 e. The number of rotatable bonds is 10. The van der Waals surface area contributed by atoms with E-state index in [-0.39, 0.29) is 34.8 Å². The lowest BCUT2D eigenvalue weighted by Gasteiger charge is -2.40. The number of nitrogens with two attached hydrogens (primary N) is 1. The summed E-state index contributed by atoms with van der Waals surface area (Å²) in [6, 6.07) is 11.4. The average molecular weight is 602 g/mol. The lowest BCUT2D eigenvalue weighted by Crippen LogP contribution is -2.59. The summed E-state index contributed by atoms with van der Waals surface area (Å²) >= 11 is 6.08. The molecule has 1 saturated heterocycles. The first-order valence-electron chi connectivity index (χ1n) is 13.2. The molecule has 13 heteroatoms. The SMILES string of the molecule is CC(=O)Nc1cc(Cl)cc(C(O)C(=O)N2CCC2C(=O)NCc2ccc(/C(N)=N/C(=O)OCC[Si](C)(C)C)cc2)c1. The van der Waals surface area contributed by atoms with Gasteiger partial charge in [0, 0.05) is 44.4 Å². The van der Waals surface area contributed by atoms with Crippen molar-refractivity contribution in [1.29, 1.82) is 0 Å². The number of nitrogens with one attached hydrogen (secondary N) is 2. The van der Waals surface area contributed by atoms with Crippen molar-refractivity contribution in [3.8, 4) is 0 Å². The Balaban J connectivity index is 1.53. The number of amides is 4. The molecule has 1 aliphatic rings. The molecule has 0 spiro atoms. The lowest BCUT2D eigenvalue weighted by molar-refractivity contribution is -0.154. The Morgan fingerprint density at radius 3 is 2.44 bits per heavy atom. The second-order valence-electron chi connectivity index (χ2n) is 11.0. The van der Waals surface area contributed by atoms with Gasteiger partial charge in [-0.3, -0.25) is 14.4 Å². The number of carbonyl (C=O) groups is 4. The van der Waals surface area contributed by atoms with E-state index >= 15 is 0 Å². The molecule has 41 heavy (non-hydrogen) atoms. The van der Waals surface area contributed by atoms with Crippen molar-refractivity contribution >= 4 is 55.0 Å². The van der Waals surface area contributed by atoms with Crippen molar-refractivity contribution in [2.45, 2.75) is 57.7 Å². The van der Waals surface area contributed by atoms with Gasteiger partial charge in [-0.1, -0.05) is 55.5 Å². The Morgan fingerprint density at radius 2 is 1.85 bits per heavy atom. The molecule has 0 saturated carbocycles. The van der Waals surface area contributed by atoms with Crippen LogP contribution in [0.4, 0.5) is 10.5 Å². The highest BCUT2D eigenvalue weighted by molar-refractivity contribution is 6.76. The molecule has 0 aromatic heterocycles. The molecule has 1 aliphatic heterocycles. The largest absolute Gasteiger partial charge is 0.448 e. The minimum atomic E-state index is -1.55. The van der Waals surface area contributed by atoms with Crippen molar-refractivity contribution in [3.63, 3.8) is 0 Å². The van der Waals surface area contributed by atoms with Crippen LogP contribution in [-0.2, 0) is 25.7 Å². The van der Waals surface area contributed by atoms with E-state index in [0.29, 0.717) is 30.8 Å². The predicted octanol–water partition coefficient (Wildman–Crippen LogP) is 3.43. The first-order valence-corrected chi connectivity index (χ1v) is 17.3. The molecule has 2 aromatic rings. The highest BCUT2D eigenvalue weighted by Gasteiger charge is 2.40. The van der Waals surface area contributed by atoms with Gasteiger partial charge in [0.2, 0.25) is 11.8 Å². The van der Waals surface area contributed by atoms with Crippen molar-refractivity contribution in [2.75, 3.05) is 18.5 Å². The molecule has 2 unspecified atom stereocenters. The summed E-state index contributed by atoms with van der Waals surface area (Å²) in [5, 5.41) is 16.3. The molecular formula is C28H36ClN5O6Si. The summed E-state index contributed by atoms with van der Waals surface area (Å²) in [6.45, 7) is 8.72. The maximum absolute atomic E-state index is 13.0. The van der Waals surface area contributed by atoms with E-state index in [2.05, 4.69) is 35.3 Å². The second-order valence-corrected chi connectivity index (χ2v) is 17.1. The first-order chi connectivity index (χ1) is 19.2. The standard InChI is InChI=1S/C28H36ClN5O6Si/c1-17(35)32-22-14-20(13-21(29)15-22)24(36)27(38)34-10-9-23(34)26(37)31-16-18-5-7-19(8-6-18)25(30)33-28(39)40-11-12-41(2,3)4/h5-8,13-15,23-24,36H,9-12,16H2,1-4H3,(H,31,37)(H,32,35)(H2,30,33,39). The number of ether oxygens (including phenoxy) is 1. The van der Waals surface area contributed by atoms with Gasteiger partial charge >= 0.3 is 6.09 Å². The quantitative estimate of drug-likeness (QED) is 0.184. The third-order valence-electron chi connectivity index (χ3n) is 6.40. The Labute approximate surface area is 245 Å². The Hall–Kier alpha value is -3.74. The number of aliphatic imine (C=N–C) groups is 1. The number of halogens is 1. The maximum Gasteiger partial charge on any atom is 0.435 e. The fourth-order valence-electron chi connectivity index (χ4n) is 4.01. The van der Waals surface area contributed by atoms with Crippen LogP contribution in [0.15, 0.2) is 47.5 Å². The van der Waals surface area contributed by atoms with Crippen molar-refractivity contribution in [2.24, 2.45) is 10.7 Å². The molecule has 5 N–H and O–H groups in total. The van der Waals surface area contributed by atoms with Crippen LogP contribution >= 0.6 is 11.6 Å². The normalized spacial score (nSPS) is 15.9. The third kappa shape index (κ3) is 9.41. The maximum atomic E-state index is 13.0. The zero-order valence-electron chi connectivity index (χ0n) is 23.6. The zero-order chi connectivity index (χ0) is 30.3. The molecule has 2 aromatic carbocycles. The molecule has 3 rings (SSSR count). The highest BCUT2D eigenvalue weighted by atomic mass is 35.5. The first kappa shape index (κ1) is 31.8. The zero-order valence-corrected chi connectivity index (χ0v) is 25.3. The van der Waals surface area contributed by atoms with Crippen LogP contribution in [-0.4, -0.2) is 66.9 Å².